The molecule has 0 aliphatic heterocycles. The number of hydrogen-bond acceptors (Lipinski definition) is 2. The SMILES string of the molecule is CCCCCCCNC(=O)OC1CCCCCCCCCCC1. The predicted molar refractivity (Wildman–Crippen MR) is 97.8 cm³/mol. The van der Waals surface area contributed by atoms with Crippen LogP contribution in [0, 0.1) is 0 Å². The maximum atomic E-state index is 11.9. The summed E-state index contributed by atoms with van der Waals surface area (Å²) in [5.74, 6) is 0. The van der Waals surface area contributed by atoms with Crippen LogP contribution in [-0.4, -0.2) is 18.7 Å². The second-order valence-electron chi connectivity index (χ2n) is 7.13. The van der Waals surface area contributed by atoms with Crippen molar-refractivity contribution in [1.29, 1.82) is 0 Å². The molecule has 0 bridgehead atoms. The molecule has 0 spiro atoms. The Morgan fingerprint density at radius 2 is 1.35 bits per heavy atom. The number of unbranched alkanes of at least 4 members (excludes halogenated alkanes) is 4. The van der Waals surface area contributed by atoms with Crippen molar-refractivity contribution in [3.63, 3.8) is 0 Å². The number of carbonyl (C=O) groups is 1. The van der Waals surface area contributed by atoms with Gasteiger partial charge < -0.3 is 10.1 Å². The van der Waals surface area contributed by atoms with Gasteiger partial charge in [-0.15, -0.1) is 0 Å². The lowest BCUT2D eigenvalue weighted by molar-refractivity contribution is 0.0839. The maximum absolute atomic E-state index is 11.9. The van der Waals surface area contributed by atoms with E-state index in [2.05, 4.69) is 12.2 Å². The molecule has 0 aromatic rings. The minimum atomic E-state index is -0.197. The largest absolute Gasteiger partial charge is 0.446 e. The minimum absolute atomic E-state index is 0.134. The summed E-state index contributed by atoms with van der Waals surface area (Å²) in [6.45, 7) is 2.98. The van der Waals surface area contributed by atoms with Crippen LogP contribution in [0.3, 0.4) is 0 Å². The monoisotopic (exact) mass is 325 g/mol. The van der Waals surface area contributed by atoms with E-state index >= 15 is 0 Å². The molecule has 3 nitrogen and oxygen atoms in total. The molecule has 1 fully saturated rings. The van der Waals surface area contributed by atoms with Gasteiger partial charge in [-0.1, -0.05) is 77.6 Å². The lowest BCUT2D eigenvalue weighted by atomic mass is 9.99. The van der Waals surface area contributed by atoms with Gasteiger partial charge in [0.1, 0.15) is 6.10 Å². The standard InChI is InChI=1S/C20H39NO2/c1-2-3-4-12-15-18-21-20(22)23-19-16-13-10-8-6-5-7-9-11-14-17-19/h19H,2-18H2,1H3,(H,21,22). The summed E-state index contributed by atoms with van der Waals surface area (Å²) in [6, 6.07) is 0. The van der Waals surface area contributed by atoms with Crippen LogP contribution in [0.2, 0.25) is 0 Å². The van der Waals surface area contributed by atoms with Crippen LogP contribution in [0.1, 0.15) is 110 Å². The molecule has 0 unspecified atom stereocenters. The Morgan fingerprint density at radius 1 is 0.826 bits per heavy atom. The molecule has 136 valence electrons. The lowest BCUT2D eigenvalue weighted by Crippen LogP contribution is -2.29. The summed E-state index contributed by atoms with van der Waals surface area (Å²) in [7, 11) is 0. The fourth-order valence-electron chi connectivity index (χ4n) is 3.36. The third-order valence-corrected chi connectivity index (χ3v) is 4.88. The van der Waals surface area contributed by atoms with E-state index in [0.717, 1.165) is 25.8 Å². The normalized spacial score (nSPS) is 18.7. The van der Waals surface area contributed by atoms with Gasteiger partial charge in [0.15, 0.2) is 0 Å². The second-order valence-corrected chi connectivity index (χ2v) is 7.13. The third kappa shape index (κ3) is 12.4. The Labute approximate surface area is 143 Å². The Balaban J connectivity index is 2.15. The number of nitrogens with one attached hydrogen (secondary N) is 1. The minimum Gasteiger partial charge on any atom is -0.446 e. The molecular weight excluding hydrogens is 286 g/mol. The molecule has 1 N–H and O–H groups in total. The molecule has 0 radical (unpaired) electrons. The van der Waals surface area contributed by atoms with E-state index < -0.39 is 0 Å². The average Bonchev–Trinajstić information content (AvgIpc) is 2.53. The first-order chi connectivity index (χ1) is 11.3. The maximum Gasteiger partial charge on any atom is 0.407 e. The molecule has 0 aromatic heterocycles. The van der Waals surface area contributed by atoms with Crippen molar-refractivity contribution in [2.45, 2.75) is 116 Å². The molecule has 23 heavy (non-hydrogen) atoms. The molecule has 0 heterocycles. The van der Waals surface area contributed by atoms with Gasteiger partial charge >= 0.3 is 6.09 Å². The molecular formula is C20H39NO2. The highest BCUT2D eigenvalue weighted by Gasteiger charge is 2.14. The summed E-state index contributed by atoms with van der Waals surface area (Å²) >= 11 is 0. The predicted octanol–water partition coefficient (Wildman–Crippen LogP) is 6.36. The smallest absolute Gasteiger partial charge is 0.407 e. The Bertz CT molecular complexity index is 269. The molecule has 1 amide bonds. The van der Waals surface area contributed by atoms with Crippen molar-refractivity contribution in [3.8, 4) is 0 Å². The first kappa shape index (κ1) is 20.3. The van der Waals surface area contributed by atoms with Gasteiger partial charge in [-0.05, 0) is 32.1 Å². The molecule has 1 rings (SSSR count). The Hall–Kier alpha value is -0.730. The summed E-state index contributed by atoms with van der Waals surface area (Å²) in [5.41, 5.74) is 0. The highest BCUT2D eigenvalue weighted by Crippen LogP contribution is 2.18. The number of ether oxygens (including phenoxy) is 1. The Kier molecular flexibility index (Phi) is 13.1. The molecule has 1 aliphatic rings. The van der Waals surface area contributed by atoms with E-state index in [1.807, 2.05) is 0 Å². The van der Waals surface area contributed by atoms with E-state index in [-0.39, 0.29) is 12.2 Å². The van der Waals surface area contributed by atoms with Crippen molar-refractivity contribution < 1.29 is 9.53 Å². The third-order valence-electron chi connectivity index (χ3n) is 4.88. The lowest BCUT2D eigenvalue weighted by Gasteiger charge is -2.19. The van der Waals surface area contributed by atoms with Gasteiger partial charge in [-0.25, -0.2) is 4.79 Å². The topological polar surface area (TPSA) is 38.3 Å². The van der Waals surface area contributed by atoms with Crippen molar-refractivity contribution >= 4 is 6.09 Å². The Morgan fingerprint density at radius 3 is 1.91 bits per heavy atom. The molecule has 1 aliphatic carbocycles. The number of hydrogen-bond donors (Lipinski definition) is 1. The van der Waals surface area contributed by atoms with Crippen LogP contribution in [-0.2, 0) is 4.74 Å². The van der Waals surface area contributed by atoms with Gasteiger partial charge in [-0.2, -0.15) is 0 Å². The quantitative estimate of drug-likeness (QED) is 0.553. The van der Waals surface area contributed by atoms with Crippen LogP contribution >= 0.6 is 0 Å². The van der Waals surface area contributed by atoms with Crippen molar-refractivity contribution in [2.24, 2.45) is 0 Å². The van der Waals surface area contributed by atoms with Crippen LogP contribution in [0.25, 0.3) is 0 Å². The summed E-state index contributed by atoms with van der Waals surface area (Å²) in [6.07, 6.45) is 20.0. The molecule has 0 atom stereocenters. The zero-order valence-electron chi connectivity index (χ0n) is 15.4. The first-order valence-electron chi connectivity index (χ1n) is 10.3. The van der Waals surface area contributed by atoms with Crippen molar-refractivity contribution in [2.75, 3.05) is 6.54 Å². The summed E-state index contributed by atoms with van der Waals surface area (Å²) in [5, 5.41) is 2.93. The van der Waals surface area contributed by atoms with E-state index in [9.17, 15) is 4.79 Å². The summed E-state index contributed by atoms with van der Waals surface area (Å²) in [4.78, 5) is 11.9. The zero-order valence-corrected chi connectivity index (χ0v) is 15.4. The highest BCUT2D eigenvalue weighted by molar-refractivity contribution is 5.67. The van der Waals surface area contributed by atoms with E-state index in [0.29, 0.717) is 0 Å². The first-order valence-corrected chi connectivity index (χ1v) is 10.3. The molecule has 0 saturated heterocycles. The fraction of sp³-hybridized carbons (Fsp3) is 0.950. The van der Waals surface area contributed by atoms with Gasteiger partial charge in [0.05, 0.1) is 0 Å². The number of amides is 1. The fourth-order valence-corrected chi connectivity index (χ4v) is 3.36. The van der Waals surface area contributed by atoms with Crippen molar-refractivity contribution in [1.82, 2.24) is 5.32 Å². The van der Waals surface area contributed by atoms with Gasteiger partial charge in [-0.3, -0.25) is 0 Å². The number of carbonyl (C=O) groups excluding carboxylic acids is 1. The van der Waals surface area contributed by atoms with E-state index in [1.165, 1.54) is 83.5 Å². The van der Waals surface area contributed by atoms with Gasteiger partial charge in [0.25, 0.3) is 0 Å². The zero-order chi connectivity index (χ0) is 16.6. The average molecular weight is 326 g/mol. The van der Waals surface area contributed by atoms with Crippen LogP contribution < -0.4 is 5.32 Å². The second kappa shape index (κ2) is 14.8. The van der Waals surface area contributed by atoms with Gasteiger partial charge in [0, 0.05) is 6.54 Å². The summed E-state index contributed by atoms with van der Waals surface area (Å²) < 4.78 is 5.67. The molecule has 1 saturated carbocycles. The van der Waals surface area contributed by atoms with E-state index in [4.69, 9.17) is 4.74 Å². The van der Waals surface area contributed by atoms with Crippen LogP contribution in [0.4, 0.5) is 4.79 Å². The van der Waals surface area contributed by atoms with Gasteiger partial charge in [0.2, 0.25) is 0 Å². The number of rotatable bonds is 7. The highest BCUT2D eigenvalue weighted by atomic mass is 16.6. The van der Waals surface area contributed by atoms with Crippen LogP contribution in [0.5, 0.6) is 0 Å². The van der Waals surface area contributed by atoms with Crippen molar-refractivity contribution in [3.05, 3.63) is 0 Å². The number of alkyl carbamates (subject to hydrolysis) is 1. The van der Waals surface area contributed by atoms with Crippen LogP contribution in [0.15, 0.2) is 0 Å². The van der Waals surface area contributed by atoms with E-state index in [1.54, 1.807) is 0 Å². The molecule has 0 aromatic carbocycles. The molecule has 3 heteroatoms.